The van der Waals surface area contributed by atoms with Gasteiger partial charge in [-0.2, -0.15) is 4.80 Å². The number of nitrogens with one attached hydrogen (secondary N) is 2. The summed E-state index contributed by atoms with van der Waals surface area (Å²) in [7, 11) is 1.71. The largest absolute Gasteiger partial charge is 0.357 e. The number of hydrogen-bond donors (Lipinski definition) is 2. The third-order valence-corrected chi connectivity index (χ3v) is 6.17. The Morgan fingerprint density at radius 2 is 1.83 bits per heavy atom. The summed E-state index contributed by atoms with van der Waals surface area (Å²) in [5.41, 5.74) is 7.06. The second-order valence-electron chi connectivity index (χ2n) is 8.48. The number of tetrazole rings is 1. The Hall–Kier alpha value is -4.30. The van der Waals surface area contributed by atoms with Crippen molar-refractivity contribution in [1.29, 1.82) is 0 Å². The maximum absolute atomic E-state index is 6.18. The molecule has 35 heavy (non-hydrogen) atoms. The monoisotopic (exact) mass is 480 g/mol. The number of halogens is 1. The Kier molecular flexibility index (Phi) is 5.15. The zero-order chi connectivity index (χ0) is 23.9. The number of fused-ring (bicyclic) bond motifs is 3. The first-order chi connectivity index (χ1) is 17.0. The zero-order valence-electron chi connectivity index (χ0n) is 19.1. The van der Waals surface area contributed by atoms with Gasteiger partial charge in [0.15, 0.2) is 0 Å². The van der Waals surface area contributed by atoms with E-state index in [-0.39, 0.29) is 0 Å². The van der Waals surface area contributed by atoms with Crippen LogP contribution in [-0.4, -0.2) is 35.2 Å². The van der Waals surface area contributed by atoms with Gasteiger partial charge in [0.2, 0.25) is 11.6 Å². The van der Waals surface area contributed by atoms with Crippen LogP contribution in [0, 0.1) is 6.92 Å². The number of aryl methyl sites for hydroxylation is 2. The SMILES string of the molecule is Cc1cc(Cl)ccc1Nc1cc2nc(-c3nnn(C)n3)ncc2c2[nH]c(Cc3ccccc3)cc12. The molecule has 0 aliphatic heterocycles. The Morgan fingerprint density at radius 1 is 0.971 bits per heavy atom. The van der Waals surface area contributed by atoms with E-state index in [0.717, 1.165) is 50.9 Å². The highest BCUT2D eigenvalue weighted by Crippen LogP contribution is 2.35. The minimum absolute atomic E-state index is 0.383. The molecule has 8 nitrogen and oxygen atoms in total. The molecular weight excluding hydrogens is 460 g/mol. The lowest BCUT2D eigenvalue weighted by molar-refractivity contribution is 0.630. The number of nitrogens with zero attached hydrogens (tertiary/aromatic N) is 6. The number of anilines is 2. The predicted octanol–water partition coefficient (Wildman–Crippen LogP) is 5.60. The molecule has 0 saturated heterocycles. The average molecular weight is 481 g/mol. The summed E-state index contributed by atoms with van der Waals surface area (Å²) in [6, 6.07) is 20.4. The van der Waals surface area contributed by atoms with Gasteiger partial charge in [0.05, 0.1) is 23.8 Å². The fourth-order valence-electron chi connectivity index (χ4n) is 4.26. The van der Waals surface area contributed by atoms with Gasteiger partial charge < -0.3 is 10.3 Å². The lowest BCUT2D eigenvalue weighted by atomic mass is 10.1. The van der Waals surface area contributed by atoms with Gasteiger partial charge in [0, 0.05) is 39.8 Å². The van der Waals surface area contributed by atoms with Crippen LogP contribution < -0.4 is 5.32 Å². The van der Waals surface area contributed by atoms with Gasteiger partial charge in [0.1, 0.15) is 0 Å². The van der Waals surface area contributed by atoms with E-state index in [0.29, 0.717) is 16.7 Å². The van der Waals surface area contributed by atoms with Crippen LogP contribution in [0.2, 0.25) is 5.02 Å². The molecule has 6 rings (SSSR count). The van der Waals surface area contributed by atoms with Crippen LogP contribution in [0.1, 0.15) is 16.8 Å². The lowest BCUT2D eigenvalue weighted by Gasteiger charge is -2.12. The summed E-state index contributed by atoms with van der Waals surface area (Å²) in [5, 5.41) is 18.5. The summed E-state index contributed by atoms with van der Waals surface area (Å²) < 4.78 is 0. The number of H-pyrrole nitrogens is 1. The minimum atomic E-state index is 0.383. The van der Waals surface area contributed by atoms with E-state index in [1.165, 1.54) is 10.4 Å². The van der Waals surface area contributed by atoms with Gasteiger partial charge >= 0.3 is 0 Å². The van der Waals surface area contributed by atoms with Crippen molar-refractivity contribution in [2.75, 3.05) is 5.32 Å². The summed E-state index contributed by atoms with van der Waals surface area (Å²) in [4.78, 5) is 14.3. The molecule has 2 N–H and O–H groups in total. The molecular formula is C26H21ClN8. The Balaban J connectivity index is 1.52. The maximum atomic E-state index is 6.18. The van der Waals surface area contributed by atoms with E-state index in [4.69, 9.17) is 16.6 Å². The van der Waals surface area contributed by atoms with Gasteiger partial charge in [-0.05, 0) is 53.6 Å². The van der Waals surface area contributed by atoms with E-state index >= 15 is 0 Å². The lowest BCUT2D eigenvalue weighted by Crippen LogP contribution is -1.97. The number of hydrogen-bond acceptors (Lipinski definition) is 6. The van der Waals surface area contributed by atoms with Crippen molar-refractivity contribution in [2.45, 2.75) is 13.3 Å². The van der Waals surface area contributed by atoms with Crippen LogP contribution in [0.15, 0.2) is 66.9 Å². The van der Waals surface area contributed by atoms with Crippen molar-refractivity contribution >= 4 is 44.8 Å². The molecule has 0 amide bonds. The van der Waals surface area contributed by atoms with Gasteiger partial charge in [-0.3, -0.25) is 0 Å². The van der Waals surface area contributed by atoms with Gasteiger partial charge in [-0.1, -0.05) is 41.9 Å². The van der Waals surface area contributed by atoms with Crippen molar-refractivity contribution in [3.05, 3.63) is 88.7 Å². The highest BCUT2D eigenvalue weighted by Gasteiger charge is 2.16. The molecule has 0 unspecified atom stereocenters. The molecule has 0 bridgehead atoms. The van der Waals surface area contributed by atoms with Gasteiger partial charge in [0.25, 0.3) is 0 Å². The first-order valence-corrected chi connectivity index (χ1v) is 11.5. The average Bonchev–Trinajstić information content (AvgIpc) is 3.48. The van der Waals surface area contributed by atoms with E-state index < -0.39 is 0 Å². The van der Waals surface area contributed by atoms with Crippen molar-refractivity contribution < 1.29 is 0 Å². The van der Waals surface area contributed by atoms with Crippen LogP contribution in [0.3, 0.4) is 0 Å². The van der Waals surface area contributed by atoms with Crippen LogP contribution in [0.4, 0.5) is 11.4 Å². The van der Waals surface area contributed by atoms with E-state index in [9.17, 15) is 0 Å². The van der Waals surface area contributed by atoms with Crippen molar-refractivity contribution in [1.82, 2.24) is 35.2 Å². The maximum Gasteiger partial charge on any atom is 0.242 e. The van der Waals surface area contributed by atoms with Gasteiger partial charge in [-0.15, -0.1) is 10.2 Å². The second kappa shape index (κ2) is 8.48. The van der Waals surface area contributed by atoms with Crippen LogP contribution in [0.25, 0.3) is 33.5 Å². The van der Waals surface area contributed by atoms with Crippen molar-refractivity contribution in [3.63, 3.8) is 0 Å². The minimum Gasteiger partial charge on any atom is -0.357 e. The van der Waals surface area contributed by atoms with E-state index in [1.54, 1.807) is 7.05 Å². The number of benzene rings is 3. The molecule has 0 atom stereocenters. The summed E-state index contributed by atoms with van der Waals surface area (Å²) >= 11 is 6.18. The molecule has 0 aliphatic carbocycles. The molecule has 0 fully saturated rings. The Morgan fingerprint density at radius 3 is 2.60 bits per heavy atom. The third kappa shape index (κ3) is 4.08. The molecule has 172 valence electrons. The molecule has 0 aliphatic rings. The Labute approximate surface area is 206 Å². The number of aromatic nitrogens is 7. The Bertz CT molecular complexity index is 1690. The topological polar surface area (TPSA) is 97.2 Å². The van der Waals surface area contributed by atoms with E-state index in [1.807, 2.05) is 43.5 Å². The second-order valence-corrected chi connectivity index (χ2v) is 8.92. The number of aromatic amines is 1. The number of rotatable bonds is 5. The highest BCUT2D eigenvalue weighted by atomic mass is 35.5. The molecule has 0 spiro atoms. The van der Waals surface area contributed by atoms with Gasteiger partial charge in [-0.25, -0.2) is 9.97 Å². The van der Waals surface area contributed by atoms with E-state index in [2.05, 4.69) is 61.0 Å². The summed E-state index contributed by atoms with van der Waals surface area (Å²) in [6.45, 7) is 2.03. The van der Waals surface area contributed by atoms with Crippen molar-refractivity contribution in [2.24, 2.45) is 7.05 Å². The van der Waals surface area contributed by atoms with Crippen LogP contribution >= 0.6 is 11.6 Å². The fraction of sp³-hybridized carbons (Fsp3) is 0.115. The highest BCUT2D eigenvalue weighted by molar-refractivity contribution is 6.30. The standard InChI is InChI=1S/C26H21ClN8/c1-15-10-17(27)8-9-21(15)30-22-13-23-20(14-28-25(31-23)26-32-34-35(2)33-26)24-19(22)12-18(29-24)11-16-6-4-3-5-7-16/h3-10,12-14,29-30H,11H2,1-2H3. The summed E-state index contributed by atoms with van der Waals surface area (Å²) in [5.74, 6) is 0.809. The molecule has 3 heterocycles. The molecule has 0 radical (unpaired) electrons. The first kappa shape index (κ1) is 21.2. The fourth-order valence-corrected chi connectivity index (χ4v) is 4.48. The molecule has 9 heteroatoms. The molecule has 0 saturated carbocycles. The third-order valence-electron chi connectivity index (χ3n) is 5.94. The summed E-state index contributed by atoms with van der Waals surface area (Å²) in [6.07, 6.45) is 2.61. The molecule has 3 aromatic carbocycles. The molecule has 3 aromatic heterocycles. The van der Waals surface area contributed by atoms with Crippen LogP contribution in [-0.2, 0) is 13.5 Å². The zero-order valence-corrected chi connectivity index (χ0v) is 19.9. The van der Waals surface area contributed by atoms with Crippen LogP contribution in [0.5, 0.6) is 0 Å². The van der Waals surface area contributed by atoms with Crippen molar-refractivity contribution in [3.8, 4) is 11.6 Å². The normalized spacial score (nSPS) is 11.4. The quantitative estimate of drug-likeness (QED) is 0.333. The smallest absolute Gasteiger partial charge is 0.242 e. The predicted molar refractivity (Wildman–Crippen MR) is 138 cm³/mol. The first-order valence-electron chi connectivity index (χ1n) is 11.2. The molecule has 6 aromatic rings.